The highest BCUT2D eigenvalue weighted by atomic mass is 15.1. The largest absolute Gasteiger partial charge is 0.388 e. The molecule has 1 fully saturated rings. The van der Waals surface area contributed by atoms with Crippen molar-refractivity contribution in [1.29, 1.82) is 5.41 Å². The van der Waals surface area contributed by atoms with Gasteiger partial charge in [-0.15, -0.1) is 0 Å². The van der Waals surface area contributed by atoms with Crippen molar-refractivity contribution in [3.05, 3.63) is 0 Å². The zero-order valence-electron chi connectivity index (χ0n) is 8.77. The van der Waals surface area contributed by atoms with Gasteiger partial charge in [0.1, 0.15) is 0 Å². The summed E-state index contributed by atoms with van der Waals surface area (Å²) in [7, 11) is 0. The van der Waals surface area contributed by atoms with E-state index in [4.69, 9.17) is 11.1 Å². The van der Waals surface area contributed by atoms with E-state index >= 15 is 0 Å². The third kappa shape index (κ3) is 3.77. The summed E-state index contributed by atoms with van der Waals surface area (Å²) in [6.45, 7) is 7.91. The first-order valence-electron chi connectivity index (χ1n) is 5.05. The molecule has 0 atom stereocenters. The molecule has 13 heavy (non-hydrogen) atoms. The van der Waals surface area contributed by atoms with Crippen LogP contribution in [-0.2, 0) is 0 Å². The molecule has 1 rings (SSSR count). The topological polar surface area (TPSA) is 53.1 Å². The van der Waals surface area contributed by atoms with Gasteiger partial charge in [0.2, 0.25) is 0 Å². The first-order chi connectivity index (χ1) is 5.99. The molecule has 3 heteroatoms. The van der Waals surface area contributed by atoms with E-state index in [9.17, 15) is 0 Å². The molecule has 1 aliphatic heterocycles. The van der Waals surface area contributed by atoms with Gasteiger partial charge in [-0.2, -0.15) is 0 Å². The summed E-state index contributed by atoms with van der Waals surface area (Å²) in [5.74, 6) is 0.309. The van der Waals surface area contributed by atoms with Gasteiger partial charge in [0.15, 0.2) is 0 Å². The van der Waals surface area contributed by atoms with Gasteiger partial charge in [0, 0.05) is 19.5 Å². The standard InChI is InChI=1S/C10H21N3/c1-10(2)5-3-6-13(8-10)7-4-9(11)12/h3-8H2,1-2H3,(H3,11,12). The maximum atomic E-state index is 7.16. The van der Waals surface area contributed by atoms with Crippen LogP contribution in [0.5, 0.6) is 0 Å². The molecule has 3 N–H and O–H groups in total. The van der Waals surface area contributed by atoms with Crippen LogP contribution in [0.4, 0.5) is 0 Å². The third-order valence-electron chi connectivity index (χ3n) is 2.68. The molecule has 0 unspecified atom stereocenters. The van der Waals surface area contributed by atoms with Gasteiger partial charge in [0.05, 0.1) is 5.84 Å². The lowest BCUT2D eigenvalue weighted by Gasteiger charge is -2.37. The quantitative estimate of drug-likeness (QED) is 0.514. The second kappa shape index (κ2) is 4.09. The van der Waals surface area contributed by atoms with Crippen LogP contribution in [0.2, 0.25) is 0 Å². The second-order valence-electron chi connectivity index (χ2n) is 4.82. The van der Waals surface area contributed by atoms with Crippen LogP contribution in [0.3, 0.4) is 0 Å². The van der Waals surface area contributed by atoms with Crippen molar-refractivity contribution >= 4 is 5.84 Å². The first-order valence-corrected chi connectivity index (χ1v) is 5.05. The van der Waals surface area contributed by atoms with E-state index in [1.54, 1.807) is 0 Å². The van der Waals surface area contributed by atoms with E-state index < -0.39 is 0 Å². The second-order valence-corrected chi connectivity index (χ2v) is 4.82. The van der Waals surface area contributed by atoms with Gasteiger partial charge in [-0.3, -0.25) is 5.41 Å². The SMILES string of the molecule is CC1(C)CCCN(CCC(=N)N)C1. The number of piperidine rings is 1. The maximum Gasteiger partial charge on any atom is 0.0918 e. The lowest BCUT2D eigenvalue weighted by Crippen LogP contribution is -2.41. The minimum absolute atomic E-state index is 0.309. The van der Waals surface area contributed by atoms with Gasteiger partial charge < -0.3 is 10.6 Å². The first kappa shape index (κ1) is 10.5. The monoisotopic (exact) mass is 183 g/mol. The predicted octanol–water partition coefficient (Wildman–Crippen LogP) is 1.43. The Morgan fingerprint density at radius 3 is 2.77 bits per heavy atom. The minimum atomic E-state index is 0.309. The Balaban J connectivity index is 2.30. The molecule has 76 valence electrons. The predicted molar refractivity (Wildman–Crippen MR) is 56.0 cm³/mol. The third-order valence-corrected chi connectivity index (χ3v) is 2.68. The molecule has 3 nitrogen and oxygen atoms in total. The van der Waals surface area contributed by atoms with Gasteiger partial charge in [-0.25, -0.2) is 0 Å². The van der Waals surface area contributed by atoms with E-state index in [1.165, 1.54) is 19.4 Å². The lowest BCUT2D eigenvalue weighted by atomic mass is 9.84. The van der Waals surface area contributed by atoms with E-state index in [2.05, 4.69) is 18.7 Å². The van der Waals surface area contributed by atoms with Gasteiger partial charge in [-0.05, 0) is 24.8 Å². The van der Waals surface area contributed by atoms with Crippen molar-refractivity contribution < 1.29 is 0 Å². The molecule has 1 saturated heterocycles. The molecule has 0 saturated carbocycles. The van der Waals surface area contributed by atoms with Crippen LogP contribution in [-0.4, -0.2) is 30.4 Å². The lowest BCUT2D eigenvalue weighted by molar-refractivity contribution is 0.120. The van der Waals surface area contributed by atoms with Gasteiger partial charge >= 0.3 is 0 Å². The Morgan fingerprint density at radius 2 is 2.23 bits per heavy atom. The molecule has 1 heterocycles. The number of likely N-dealkylation sites (tertiary alicyclic amines) is 1. The summed E-state index contributed by atoms with van der Waals surface area (Å²) in [6, 6.07) is 0. The fourth-order valence-electron chi connectivity index (χ4n) is 2.01. The molecule has 0 bridgehead atoms. The van der Waals surface area contributed by atoms with Crippen molar-refractivity contribution in [2.24, 2.45) is 11.1 Å². The van der Waals surface area contributed by atoms with Crippen molar-refractivity contribution in [2.45, 2.75) is 33.1 Å². The van der Waals surface area contributed by atoms with Crippen LogP contribution in [0.25, 0.3) is 0 Å². The number of nitrogens with two attached hydrogens (primary N) is 1. The highest BCUT2D eigenvalue weighted by molar-refractivity contribution is 5.76. The molecule has 1 aliphatic rings. The van der Waals surface area contributed by atoms with Gasteiger partial charge in [-0.1, -0.05) is 13.8 Å². The Kier molecular flexibility index (Phi) is 3.31. The molecule has 0 radical (unpaired) electrons. The maximum absolute atomic E-state index is 7.16. The van der Waals surface area contributed by atoms with E-state index in [0.717, 1.165) is 19.5 Å². The number of hydrogen-bond acceptors (Lipinski definition) is 2. The fourth-order valence-corrected chi connectivity index (χ4v) is 2.01. The van der Waals surface area contributed by atoms with Crippen molar-refractivity contribution in [3.8, 4) is 0 Å². The zero-order valence-corrected chi connectivity index (χ0v) is 8.77. The minimum Gasteiger partial charge on any atom is -0.388 e. The Bertz CT molecular complexity index is 187. The van der Waals surface area contributed by atoms with Crippen molar-refractivity contribution in [2.75, 3.05) is 19.6 Å². The van der Waals surface area contributed by atoms with E-state index in [1.807, 2.05) is 0 Å². The van der Waals surface area contributed by atoms with E-state index in [-0.39, 0.29) is 0 Å². The number of nitrogens with zero attached hydrogens (tertiary/aromatic N) is 1. The van der Waals surface area contributed by atoms with E-state index in [0.29, 0.717) is 11.3 Å². The van der Waals surface area contributed by atoms with Crippen molar-refractivity contribution in [3.63, 3.8) is 0 Å². The van der Waals surface area contributed by atoms with Crippen LogP contribution < -0.4 is 5.73 Å². The molecule has 0 aromatic carbocycles. The number of amidine groups is 1. The zero-order chi connectivity index (χ0) is 9.90. The number of hydrogen-bond donors (Lipinski definition) is 2. The van der Waals surface area contributed by atoms with Crippen LogP contribution in [0.1, 0.15) is 33.1 Å². The summed E-state index contributed by atoms with van der Waals surface area (Å²) in [4.78, 5) is 2.42. The fraction of sp³-hybridized carbons (Fsp3) is 0.900. The highest BCUT2D eigenvalue weighted by Crippen LogP contribution is 2.28. The van der Waals surface area contributed by atoms with Crippen LogP contribution in [0, 0.1) is 10.8 Å². The summed E-state index contributed by atoms with van der Waals surface area (Å²) < 4.78 is 0. The molecular weight excluding hydrogens is 162 g/mol. The molecular formula is C10H21N3. The molecule has 0 aromatic rings. The Morgan fingerprint density at radius 1 is 1.54 bits per heavy atom. The molecule has 0 aromatic heterocycles. The number of nitrogens with one attached hydrogen (secondary N) is 1. The van der Waals surface area contributed by atoms with Gasteiger partial charge in [0.25, 0.3) is 0 Å². The number of rotatable bonds is 3. The normalized spacial score (nSPS) is 22.9. The molecule has 0 aliphatic carbocycles. The summed E-state index contributed by atoms with van der Waals surface area (Å²) in [6.07, 6.45) is 3.32. The molecule has 0 amide bonds. The summed E-state index contributed by atoms with van der Waals surface area (Å²) in [5.41, 5.74) is 5.79. The molecule has 0 spiro atoms. The Labute approximate surface area is 80.8 Å². The summed E-state index contributed by atoms with van der Waals surface area (Å²) in [5, 5.41) is 7.16. The summed E-state index contributed by atoms with van der Waals surface area (Å²) >= 11 is 0. The average Bonchev–Trinajstić information content (AvgIpc) is 1.99. The smallest absolute Gasteiger partial charge is 0.0918 e. The van der Waals surface area contributed by atoms with Crippen LogP contribution >= 0.6 is 0 Å². The average molecular weight is 183 g/mol. The highest BCUT2D eigenvalue weighted by Gasteiger charge is 2.25. The Hall–Kier alpha value is -0.570. The van der Waals surface area contributed by atoms with Crippen LogP contribution in [0.15, 0.2) is 0 Å². The van der Waals surface area contributed by atoms with Crippen molar-refractivity contribution in [1.82, 2.24) is 4.90 Å².